The number of hydrogen-bond donors (Lipinski definition) is 1. The number of carbonyl (C=O) groups excluding carboxylic acids is 1. The number of oxazole rings is 1. The van der Waals surface area contributed by atoms with Crippen LogP contribution in [0.3, 0.4) is 0 Å². The maximum absolute atomic E-state index is 12.3. The second kappa shape index (κ2) is 4.94. The number of nitrogens with zero attached hydrogens (tertiary/aromatic N) is 2. The minimum Gasteiger partial charge on any atom is -0.432 e. The lowest BCUT2D eigenvalue weighted by molar-refractivity contribution is 0.102. The number of rotatable bonds is 2. The predicted molar refractivity (Wildman–Crippen MR) is 75.9 cm³/mol. The van der Waals surface area contributed by atoms with Crippen LogP contribution in [-0.2, 0) is 0 Å². The molecule has 6 heteroatoms. The smallest absolute Gasteiger partial charge is 0.301 e. The molecule has 1 amide bonds. The Labute approximate surface area is 119 Å². The molecule has 0 radical (unpaired) electrons. The third-order valence-corrected chi connectivity index (χ3v) is 3.13. The molecule has 0 aliphatic heterocycles. The van der Waals surface area contributed by atoms with Gasteiger partial charge in [0, 0.05) is 11.6 Å². The Bertz CT molecular complexity index is 798. The van der Waals surface area contributed by atoms with E-state index in [2.05, 4.69) is 15.3 Å². The highest BCUT2D eigenvalue weighted by molar-refractivity contribution is 6.35. The fraction of sp³-hybridized carbons (Fsp3) is 0.0714. The van der Waals surface area contributed by atoms with Gasteiger partial charge in [0.25, 0.3) is 5.91 Å². The van der Waals surface area contributed by atoms with Crippen molar-refractivity contribution in [1.82, 2.24) is 9.97 Å². The molecule has 0 bridgehead atoms. The van der Waals surface area contributed by atoms with Gasteiger partial charge < -0.3 is 4.42 Å². The number of halogens is 1. The van der Waals surface area contributed by atoms with Crippen LogP contribution in [0.5, 0.6) is 0 Å². The van der Waals surface area contributed by atoms with Crippen LogP contribution in [0.4, 0.5) is 6.01 Å². The third kappa shape index (κ3) is 2.23. The van der Waals surface area contributed by atoms with E-state index in [4.69, 9.17) is 16.0 Å². The lowest BCUT2D eigenvalue weighted by atomic mass is 10.1. The third-order valence-electron chi connectivity index (χ3n) is 2.83. The van der Waals surface area contributed by atoms with Gasteiger partial charge in [0.15, 0.2) is 0 Å². The van der Waals surface area contributed by atoms with E-state index in [0.29, 0.717) is 16.4 Å². The van der Waals surface area contributed by atoms with E-state index in [1.165, 1.54) is 12.5 Å². The topological polar surface area (TPSA) is 68.0 Å². The van der Waals surface area contributed by atoms with Crippen LogP contribution in [0, 0.1) is 6.92 Å². The monoisotopic (exact) mass is 287 g/mol. The van der Waals surface area contributed by atoms with Crippen LogP contribution in [-0.4, -0.2) is 15.9 Å². The number of hydrogen-bond acceptors (Lipinski definition) is 4. The van der Waals surface area contributed by atoms with Gasteiger partial charge in [-0.3, -0.25) is 10.1 Å². The summed E-state index contributed by atoms with van der Waals surface area (Å²) in [5.74, 6) is -0.341. The molecule has 0 aliphatic carbocycles. The van der Waals surface area contributed by atoms with Crippen LogP contribution < -0.4 is 5.32 Å². The minimum absolute atomic E-state index is 0.159. The molecule has 3 aromatic rings. The second-order valence-electron chi connectivity index (χ2n) is 4.26. The molecule has 0 aliphatic rings. The van der Waals surface area contributed by atoms with Gasteiger partial charge in [0.05, 0.1) is 11.3 Å². The Balaban J connectivity index is 2.01. The summed E-state index contributed by atoms with van der Waals surface area (Å²) in [4.78, 5) is 20.3. The molecule has 2 heterocycles. The Morgan fingerprint density at radius 2 is 2.05 bits per heavy atom. The summed E-state index contributed by atoms with van der Waals surface area (Å²) >= 11 is 6.02. The summed E-state index contributed by atoms with van der Waals surface area (Å²) in [6.45, 7) is 1.78. The Kier molecular flexibility index (Phi) is 3.12. The zero-order valence-corrected chi connectivity index (χ0v) is 11.3. The summed E-state index contributed by atoms with van der Waals surface area (Å²) in [6, 6.07) is 7.47. The number of aromatic nitrogens is 2. The summed E-state index contributed by atoms with van der Waals surface area (Å²) in [5, 5.41) is 4.41. The van der Waals surface area contributed by atoms with Crippen LogP contribution in [0.25, 0.3) is 10.8 Å². The van der Waals surface area contributed by atoms with E-state index in [1.807, 2.05) is 24.3 Å². The SMILES string of the molecule is Cc1coc(NC(=O)c2cnc(Cl)c3ccccc23)n1. The van der Waals surface area contributed by atoms with Crippen LogP contribution in [0.15, 0.2) is 41.1 Å². The molecular formula is C14H10ClN3O2. The second-order valence-corrected chi connectivity index (χ2v) is 4.61. The molecule has 0 spiro atoms. The van der Waals surface area contributed by atoms with Gasteiger partial charge in [-0.25, -0.2) is 4.98 Å². The van der Waals surface area contributed by atoms with Crippen molar-refractivity contribution in [3.8, 4) is 0 Å². The first-order valence-corrected chi connectivity index (χ1v) is 6.29. The van der Waals surface area contributed by atoms with Crippen molar-refractivity contribution in [2.24, 2.45) is 0 Å². The van der Waals surface area contributed by atoms with Crippen molar-refractivity contribution in [2.75, 3.05) is 5.32 Å². The summed E-state index contributed by atoms with van der Waals surface area (Å²) < 4.78 is 5.10. The number of amides is 1. The number of nitrogens with one attached hydrogen (secondary N) is 1. The molecule has 100 valence electrons. The summed E-state index contributed by atoms with van der Waals surface area (Å²) in [7, 11) is 0. The van der Waals surface area contributed by atoms with Crippen molar-refractivity contribution < 1.29 is 9.21 Å². The van der Waals surface area contributed by atoms with Crippen molar-refractivity contribution in [2.45, 2.75) is 6.92 Å². The minimum atomic E-state index is -0.341. The lowest BCUT2D eigenvalue weighted by Crippen LogP contribution is -2.13. The first-order chi connectivity index (χ1) is 9.65. The molecule has 2 aromatic heterocycles. The van der Waals surface area contributed by atoms with E-state index in [9.17, 15) is 4.79 Å². The largest absolute Gasteiger partial charge is 0.432 e. The summed E-state index contributed by atoms with van der Waals surface area (Å²) in [6.07, 6.45) is 2.91. The molecular weight excluding hydrogens is 278 g/mol. The predicted octanol–water partition coefficient (Wildman–Crippen LogP) is 3.44. The normalized spacial score (nSPS) is 10.7. The van der Waals surface area contributed by atoms with Crippen LogP contribution in [0.2, 0.25) is 5.15 Å². The van der Waals surface area contributed by atoms with E-state index < -0.39 is 0 Å². The zero-order chi connectivity index (χ0) is 14.1. The molecule has 0 fully saturated rings. The van der Waals surface area contributed by atoms with Gasteiger partial charge in [0.1, 0.15) is 11.4 Å². The number of carbonyl (C=O) groups is 1. The number of fused-ring (bicyclic) bond motifs is 1. The van der Waals surface area contributed by atoms with Crippen molar-refractivity contribution in [1.29, 1.82) is 0 Å². The molecule has 5 nitrogen and oxygen atoms in total. The van der Waals surface area contributed by atoms with E-state index in [1.54, 1.807) is 6.92 Å². The quantitative estimate of drug-likeness (QED) is 0.733. The number of benzene rings is 1. The fourth-order valence-electron chi connectivity index (χ4n) is 1.91. The van der Waals surface area contributed by atoms with E-state index in [-0.39, 0.29) is 11.9 Å². The molecule has 1 N–H and O–H groups in total. The average molecular weight is 288 g/mol. The average Bonchev–Trinajstić information content (AvgIpc) is 2.84. The van der Waals surface area contributed by atoms with E-state index in [0.717, 1.165) is 10.8 Å². The number of aryl methyl sites for hydroxylation is 1. The lowest BCUT2D eigenvalue weighted by Gasteiger charge is -2.06. The number of anilines is 1. The van der Waals surface area contributed by atoms with Gasteiger partial charge in [-0.2, -0.15) is 4.98 Å². The molecule has 3 rings (SSSR count). The number of pyridine rings is 1. The zero-order valence-electron chi connectivity index (χ0n) is 10.6. The Morgan fingerprint density at radius 3 is 2.75 bits per heavy atom. The van der Waals surface area contributed by atoms with Gasteiger partial charge in [-0.15, -0.1) is 0 Å². The molecule has 20 heavy (non-hydrogen) atoms. The van der Waals surface area contributed by atoms with Crippen molar-refractivity contribution in [3.05, 3.63) is 53.1 Å². The van der Waals surface area contributed by atoms with E-state index >= 15 is 0 Å². The first-order valence-electron chi connectivity index (χ1n) is 5.92. The Hall–Kier alpha value is -2.40. The van der Waals surface area contributed by atoms with Gasteiger partial charge >= 0.3 is 6.01 Å². The van der Waals surface area contributed by atoms with Crippen molar-refractivity contribution >= 4 is 34.3 Å². The molecule has 0 unspecified atom stereocenters. The molecule has 0 saturated heterocycles. The van der Waals surface area contributed by atoms with Crippen molar-refractivity contribution in [3.63, 3.8) is 0 Å². The van der Waals surface area contributed by atoms with Crippen LogP contribution in [0.1, 0.15) is 16.1 Å². The molecule has 0 atom stereocenters. The maximum atomic E-state index is 12.3. The van der Waals surface area contributed by atoms with Gasteiger partial charge in [-0.1, -0.05) is 35.9 Å². The standard InChI is InChI=1S/C14H10ClN3O2/c1-8-7-20-14(17-8)18-13(19)11-6-16-12(15)10-5-3-2-4-9(10)11/h2-7H,1H3,(H,17,18,19). The molecule has 1 aromatic carbocycles. The highest BCUT2D eigenvalue weighted by Crippen LogP contribution is 2.24. The maximum Gasteiger partial charge on any atom is 0.301 e. The highest BCUT2D eigenvalue weighted by atomic mass is 35.5. The fourth-order valence-corrected chi connectivity index (χ4v) is 2.13. The van der Waals surface area contributed by atoms with Gasteiger partial charge in [-0.05, 0) is 12.3 Å². The summed E-state index contributed by atoms with van der Waals surface area (Å²) in [5.41, 5.74) is 1.11. The highest BCUT2D eigenvalue weighted by Gasteiger charge is 2.14. The van der Waals surface area contributed by atoms with Gasteiger partial charge in [0.2, 0.25) is 0 Å². The molecule has 0 saturated carbocycles. The van der Waals surface area contributed by atoms with Crippen LogP contribution >= 0.6 is 11.6 Å². The Morgan fingerprint density at radius 1 is 1.30 bits per heavy atom. The first kappa shape index (κ1) is 12.6.